The van der Waals surface area contributed by atoms with Crippen molar-refractivity contribution in [1.29, 1.82) is 0 Å². The lowest BCUT2D eigenvalue weighted by Gasteiger charge is -2.32. The average Bonchev–Trinajstić information content (AvgIpc) is 3.24. The van der Waals surface area contributed by atoms with Crippen molar-refractivity contribution < 1.29 is 4.79 Å². The Kier molecular flexibility index (Phi) is 5.32. The molecule has 1 amide bonds. The summed E-state index contributed by atoms with van der Waals surface area (Å²) >= 11 is 0. The molecule has 1 fully saturated rings. The second kappa shape index (κ2) is 8.21. The van der Waals surface area contributed by atoms with Crippen LogP contribution in [0, 0.1) is 0 Å². The largest absolute Gasteiger partial charge is 0.338 e. The minimum atomic E-state index is -0.0226. The number of aryl methyl sites for hydroxylation is 1. The van der Waals surface area contributed by atoms with Crippen LogP contribution < -0.4 is 5.32 Å². The third kappa shape index (κ3) is 3.88. The molecule has 0 saturated carbocycles. The fourth-order valence-electron chi connectivity index (χ4n) is 3.66. The van der Waals surface area contributed by atoms with Crippen LogP contribution in [-0.4, -0.2) is 43.4 Å². The Morgan fingerprint density at radius 3 is 2.71 bits per heavy atom. The Bertz CT molecular complexity index is 922. The number of amides is 1. The first-order chi connectivity index (χ1) is 13.7. The number of rotatable bonds is 5. The quantitative estimate of drug-likeness (QED) is 0.738. The number of imidazole rings is 1. The van der Waals surface area contributed by atoms with Crippen LogP contribution in [-0.2, 0) is 6.54 Å². The van der Waals surface area contributed by atoms with E-state index in [0.29, 0.717) is 18.1 Å². The van der Waals surface area contributed by atoms with Gasteiger partial charge >= 0.3 is 0 Å². The fourth-order valence-corrected chi connectivity index (χ4v) is 3.66. The average molecular weight is 376 g/mol. The summed E-state index contributed by atoms with van der Waals surface area (Å²) in [5.41, 5.74) is 1.42. The van der Waals surface area contributed by atoms with Gasteiger partial charge in [-0.25, -0.2) is 15.0 Å². The van der Waals surface area contributed by atoms with Crippen LogP contribution in [0.3, 0.4) is 0 Å². The number of piperidine rings is 1. The van der Waals surface area contributed by atoms with Crippen LogP contribution in [0.2, 0.25) is 0 Å². The first kappa shape index (κ1) is 18.2. The van der Waals surface area contributed by atoms with E-state index in [9.17, 15) is 4.79 Å². The molecule has 3 heterocycles. The minimum Gasteiger partial charge on any atom is -0.338 e. The molecule has 1 saturated heterocycles. The molecule has 7 heteroatoms. The van der Waals surface area contributed by atoms with Crippen molar-refractivity contribution in [2.45, 2.75) is 32.2 Å². The number of carbonyl (C=O) groups excluding carboxylic acids is 1. The highest BCUT2D eigenvalue weighted by Crippen LogP contribution is 2.26. The summed E-state index contributed by atoms with van der Waals surface area (Å²) < 4.78 is 2.16. The molecular weight excluding hydrogens is 352 g/mol. The number of likely N-dealkylation sites (tertiary alicyclic amines) is 1. The third-order valence-corrected chi connectivity index (χ3v) is 5.09. The van der Waals surface area contributed by atoms with Crippen LogP contribution in [0.15, 0.2) is 55.1 Å². The molecule has 144 valence electrons. The predicted octanol–water partition coefficient (Wildman–Crippen LogP) is 3.46. The minimum absolute atomic E-state index is 0.0226. The molecule has 0 bridgehead atoms. The maximum absolute atomic E-state index is 12.9. The summed E-state index contributed by atoms with van der Waals surface area (Å²) in [4.78, 5) is 28.0. The topological polar surface area (TPSA) is 75.9 Å². The lowest BCUT2D eigenvalue weighted by molar-refractivity contribution is 0.0702. The molecule has 0 radical (unpaired) electrons. The van der Waals surface area contributed by atoms with Crippen molar-refractivity contribution in [2.24, 2.45) is 0 Å². The zero-order valence-corrected chi connectivity index (χ0v) is 16.0. The number of anilines is 2. The van der Waals surface area contributed by atoms with E-state index in [1.807, 2.05) is 47.6 Å². The van der Waals surface area contributed by atoms with Crippen molar-refractivity contribution in [2.75, 3.05) is 18.4 Å². The number of hydrogen-bond acceptors (Lipinski definition) is 5. The summed E-state index contributed by atoms with van der Waals surface area (Å²) in [6.07, 6.45) is 9.06. The van der Waals surface area contributed by atoms with Crippen LogP contribution >= 0.6 is 0 Å². The van der Waals surface area contributed by atoms with E-state index < -0.39 is 0 Å². The number of hydrogen-bond donors (Lipinski definition) is 1. The normalized spacial score (nSPS) is 16.8. The van der Waals surface area contributed by atoms with Crippen LogP contribution in [0.25, 0.3) is 0 Å². The lowest BCUT2D eigenvalue weighted by Crippen LogP contribution is -2.39. The van der Waals surface area contributed by atoms with Gasteiger partial charge in [0, 0.05) is 56.0 Å². The monoisotopic (exact) mass is 376 g/mol. The first-order valence-electron chi connectivity index (χ1n) is 9.69. The second-order valence-corrected chi connectivity index (χ2v) is 6.95. The van der Waals surface area contributed by atoms with E-state index >= 15 is 0 Å². The highest BCUT2D eigenvalue weighted by Gasteiger charge is 2.28. The molecule has 2 aromatic heterocycles. The summed E-state index contributed by atoms with van der Waals surface area (Å²) in [7, 11) is 0. The molecule has 4 rings (SSSR count). The standard InChI is InChI=1S/C21H24N6O/c1-2-26-12-10-22-19(26)16-7-6-11-27(15-16)20(28)17-13-23-21(24-14-17)25-18-8-4-3-5-9-18/h3-5,8-10,12-14,16H,2,6-7,11,15H2,1H3,(H,23,24,25). The highest BCUT2D eigenvalue weighted by atomic mass is 16.2. The van der Waals surface area contributed by atoms with Crippen molar-refractivity contribution in [3.05, 3.63) is 66.5 Å². The maximum Gasteiger partial charge on any atom is 0.257 e. The molecule has 28 heavy (non-hydrogen) atoms. The number of carbonyl (C=O) groups is 1. The molecule has 3 aromatic rings. The zero-order chi connectivity index (χ0) is 19.3. The Labute approximate surface area is 164 Å². The maximum atomic E-state index is 12.9. The Balaban J connectivity index is 1.43. The van der Waals surface area contributed by atoms with Gasteiger partial charge in [0.15, 0.2) is 0 Å². The zero-order valence-electron chi connectivity index (χ0n) is 16.0. The molecule has 1 aliphatic heterocycles. The van der Waals surface area contributed by atoms with E-state index in [0.717, 1.165) is 37.4 Å². The van der Waals surface area contributed by atoms with Gasteiger partial charge in [-0.15, -0.1) is 0 Å². The van der Waals surface area contributed by atoms with Crippen molar-refractivity contribution in [3.8, 4) is 0 Å². The number of nitrogens with one attached hydrogen (secondary N) is 1. The van der Waals surface area contributed by atoms with Gasteiger partial charge in [0.25, 0.3) is 5.91 Å². The van der Waals surface area contributed by atoms with Crippen LogP contribution in [0.1, 0.15) is 41.9 Å². The first-order valence-corrected chi connectivity index (χ1v) is 9.69. The van der Waals surface area contributed by atoms with Gasteiger partial charge < -0.3 is 14.8 Å². The van der Waals surface area contributed by atoms with Gasteiger partial charge in [0.1, 0.15) is 5.82 Å². The molecule has 0 aliphatic carbocycles. The van der Waals surface area contributed by atoms with Crippen molar-refractivity contribution in [3.63, 3.8) is 0 Å². The van der Waals surface area contributed by atoms with Crippen LogP contribution in [0.5, 0.6) is 0 Å². The molecule has 1 aliphatic rings. The third-order valence-electron chi connectivity index (χ3n) is 5.09. The molecule has 1 N–H and O–H groups in total. The predicted molar refractivity (Wildman–Crippen MR) is 108 cm³/mol. The highest BCUT2D eigenvalue weighted by molar-refractivity contribution is 5.93. The molecule has 1 unspecified atom stereocenters. The molecule has 1 atom stereocenters. The Hall–Kier alpha value is -3.22. The van der Waals surface area contributed by atoms with E-state index in [1.54, 1.807) is 12.4 Å². The second-order valence-electron chi connectivity index (χ2n) is 6.95. The molecule has 1 aromatic carbocycles. The Morgan fingerprint density at radius 2 is 1.96 bits per heavy atom. The SMILES string of the molecule is CCn1ccnc1C1CCCN(C(=O)c2cnc(Nc3ccccc3)nc2)C1. The van der Waals surface area contributed by atoms with Gasteiger partial charge in [-0.1, -0.05) is 18.2 Å². The smallest absolute Gasteiger partial charge is 0.257 e. The van der Waals surface area contributed by atoms with Crippen molar-refractivity contribution >= 4 is 17.5 Å². The van der Waals surface area contributed by atoms with Gasteiger partial charge in [-0.2, -0.15) is 0 Å². The van der Waals surface area contributed by atoms with E-state index in [4.69, 9.17) is 0 Å². The number of aromatic nitrogens is 4. The van der Waals surface area contributed by atoms with E-state index in [1.165, 1.54) is 0 Å². The van der Waals surface area contributed by atoms with Gasteiger partial charge in [0.2, 0.25) is 5.95 Å². The number of benzene rings is 1. The molecule has 0 spiro atoms. The van der Waals surface area contributed by atoms with Gasteiger partial charge in [-0.3, -0.25) is 4.79 Å². The Morgan fingerprint density at radius 1 is 1.18 bits per heavy atom. The van der Waals surface area contributed by atoms with E-state index in [-0.39, 0.29) is 11.8 Å². The van der Waals surface area contributed by atoms with Gasteiger partial charge in [0.05, 0.1) is 5.56 Å². The number of nitrogens with zero attached hydrogens (tertiary/aromatic N) is 5. The van der Waals surface area contributed by atoms with Gasteiger partial charge in [-0.05, 0) is 31.9 Å². The number of para-hydroxylation sites is 1. The van der Waals surface area contributed by atoms with Crippen LogP contribution in [0.4, 0.5) is 11.6 Å². The summed E-state index contributed by atoms with van der Waals surface area (Å²) in [5.74, 6) is 1.79. The lowest BCUT2D eigenvalue weighted by atomic mass is 9.96. The molecule has 7 nitrogen and oxygen atoms in total. The summed E-state index contributed by atoms with van der Waals surface area (Å²) in [5, 5.41) is 3.13. The summed E-state index contributed by atoms with van der Waals surface area (Å²) in [6.45, 7) is 4.44. The van der Waals surface area contributed by atoms with Crippen molar-refractivity contribution in [1.82, 2.24) is 24.4 Å². The van der Waals surface area contributed by atoms with E-state index in [2.05, 4.69) is 31.8 Å². The summed E-state index contributed by atoms with van der Waals surface area (Å²) in [6, 6.07) is 9.72. The molecular formula is C21H24N6O. The fraction of sp³-hybridized carbons (Fsp3) is 0.333.